The minimum absolute atomic E-state index is 0.0596. The van der Waals surface area contributed by atoms with Crippen molar-refractivity contribution in [1.82, 2.24) is 15.7 Å². The first-order valence-electron chi connectivity index (χ1n) is 7.34. The van der Waals surface area contributed by atoms with Crippen molar-refractivity contribution in [1.29, 1.82) is 0 Å². The monoisotopic (exact) mass is 354 g/mol. The van der Waals surface area contributed by atoms with Gasteiger partial charge in [0.2, 0.25) is 0 Å². The van der Waals surface area contributed by atoms with E-state index in [1.165, 1.54) is 18.2 Å². The molecular formula is C16H17F3N4O2. The van der Waals surface area contributed by atoms with Gasteiger partial charge in [0.05, 0.1) is 17.8 Å². The second-order valence-corrected chi connectivity index (χ2v) is 5.42. The van der Waals surface area contributed by atoms with Crippen LogP contribution in [0.5, 0.6) is 0 Å². The lowest BCUT2D eigenvalue weighted by atomic mass is 10.1. The lowest BCUT2D eigenvalue weighted by molar-refractivity contribution is -0.137. The minimum atomic E-state index is -4.55. The first-order valence-corrected chi connectivity index (χ1v) is 7.34. The predicted octanol–water partition coefficient (Wildman–Crippen LogP) is 2.84. The molecule has 4 N–H and O–H groups in total. The summed E-state index contributed by atoms with van der Waals surface area (Å²) in [6.45, 7) is 3.41. The van der Waals surface area contributed by atoms with Gasteiger partial charge in [0.15, 0.2) is 0 Å². The Bertz CT molecular complexity index is 831. The van der Waals surface area contributed by atoms with E-state index in [0.29, 0.717) is 16.8 Å². The van der Waals surface area contributed by atoms with E-state index in [9.17, 15) is 22.8 Å². The van der Waals surface area contributed by atoms with Crippen LogP contribution < -0.4 is 21.7 Å². The van der Waals surface area contributed by atoms with Crippen LogP contribution in [0.2, 0.25) is 0 Å². The smallest absolute Gasteiger partial charge is 0.332 e. The van der Waals surface area contributed by atoms with Crippen LogP contribution in [0.15, 0.2) is 35.1 Å². The van der Waals surface area contributed by atoms with Crippen molar-refractivity contribution in [2.45, 2.75) is 26.6 Å². The number of H-pyrrole nitrogens is 1. The Balaban J connectivity index is 1.98. The van der Waals surface area contributed by atoms with Crippen LogP contribution >= 0.6 is 0 Å². The van der Waals surface area contributed by atoms with Gasteiger partial charge >= 0.3 is 12.2 Å². The van der Waals surface area contributed by atoms with Gasteiger partial charge in [0.1, 0.15) is 0 Å². The van der Waals surface area contributed by atoms with Gasteiger partial charge in [0.25, 0.3) is 5.56 Å². The number of aromatic amines is 1. The first-order chi connectivity index (χ1) is 11.7. The molecule has 1 heterocycles. The Morgan fingerprint density at radius 1 is 1.20 bits per heavy atom. The molecule has 1 aromatic carbocycles. The molecule has 0 fully saturated rings. The molecule has 0 aliphatic rings. The average molecular weight is 354 g/mol. The highest BCUT2D eigenvalue weighted by atomic mass is 19.4. The number of alkyl halides is 3. The molecule has 2 aromatic rings. The maximum absolute atomic E-state index is 12.9. The lowest BCUT2D eigenvalue weighted by Gasteiger charge is -2.15. The maximum atomic E-state index is 12.9. The Labute approximate surface area is 141 Å². The number of amides is 2. The van der Waals surface area contributed by atoms with Crippen LogP contribution in [0.1, 0.15) is 22.4 Å². The molecule has 2 rings (SSSR count). The van der Waals surface area contributed by atoms with Crippen molar-refractivity contribution < 1.29 is 18.0 Å². The molecular weight excluding hydrogens is 337 g/mol. The SMILES string of the molecule is Cc1cc(C)c(CNC(=O)NNc2ccccc2C(F)(F)F)c(=O)[nH]1. The van der Waals surface area contributed by atoms with E-state index in [1.54, 1.807) is 19.9 Å². The molecule has 0 spiro atoms. The summed E-state index contributed by atoms with van der Waals surface area (Å²) in [4.78, 5) is 26.2. The predicted molar refractivity (Wildman–Crippen MR) is 87.0 cm³/mol. The Hall–Kier alpha value is -2.97. The summed E-state index contributed by atoms with van der Waals surface area (Å²) in [7, 11) is 0. The van der Waals surface area contributed by atoms with Crippen molar-refractivity contribution in [3.63, 3.8) is 0 Å². The van der Waals surface area contributed by atoms with E-state index in [1.807, 2.05) is 0 Å². The molecule has 1 aromatic heterocycles. The first kappa shape index (κ1) is 18.4. The fourth-order valence-electron chi connectivity index (χ4n) is 2.28. The number of nitrogens with one attached hydrogen (secondary N) is 4. The van der Waals surface area contributed by atoms with Gasteiger partial charge in [-0.3, -0.25) is 15.6 Å². The lowest BCUT2D eigenvalue weighted by Crippen LogP contribution is -2.40. The Kier molecular flexibility index (Phi) is 5.35. The average Bonchev–Trinajstić information content (AvgIpc) is 2.51. The number of halogens is 3. The van der Waals surface area contributed by atoms with Crippen molar-refractivity contribution in [3.8, 4) is 0 Å². The van der Waals surface area contributed by atoms with Crippen molar-refractivity contribution in [2.75, 3.05) is 5.43 Å². The topological polar surface area (TPSA) is 86.0 Å². The third kappa shape index (κ3) is 4.75. The number of pyridine rings is 1. The van der Waals surface area contributed by atoms with Crippen LogP contribution in [0, 0.1) is 13.8 Å². The molecule has 0 aliphatic carbocycles. The zero-order chi connectivity index (χ0) is 18.6. The summed E-state index contributed by atoms with van der Waals surface area (Å²) in [5, 5.41) is 2.41. The van der Waals surface area contributed by atoms with Gasteiger partial charge < -0.3 is 10.3 Å². The van der Waals surface area contributed by atoms with Gasteiger partial charge in [-0.15, -0.1) is 0 Å². The maximum Gasteiger partial charge on any atom is 0.418 e. The number of rotatable bonds is 4. The van der Waals surface area contributed by atoms with Gasteiger partial charge in [-0.2, -0.15) is 13.2 Å². The van der Waals surface area contributed by atoms with E-state index in [-0.39, 0.29) is 17.8 Å². The zero-order valence-corrected chi connectivity index (χ0v) is 13.5. The minimum Gasteiger partial charge on any atom is -0.332 e. The number of aryl methyl sites for hydroxylation is 2. The Morgan fingerprint density at radius 3 is 2.52 bits per heavy atom. The second-order valence-electron chi connectivity index (χ2n) is 5.42. The molecule has 134 valence electrons. The van der Waals surface area contributed by atoms with E-state index >= 15 is 0 Å². The number of hydrazine groups is 1. The molecule has 0 unspecified atom stereocenters. The number of anilines is 1. The fourth-order valence-corrected chi connectivity index (χ4v) is 2.28. The van der Waals surface area contributed by atoms with Crippen LogP contribution in [-0.2, 0) is 12.7 Å². The van der Waals surface area contributed by atoms with Crippen LogP contribution in [0.3, 0.4) is 0 Å². The summed E-state index contributed by atoms with van der Waals surface area (Å²) in [6, 6.07) is 5.74. The van der Waals surface area contributed by atoms with Gasteiger partial charge in [0, 0.05) is 11.3 Å². The van der Waals surface area contributed by atoms with Crippen LogP contribution in [-0.4, -0.2) is 11.0 Å². The highest BCUT2D eigenvalue weighted by molar-refractivity contribution is 5.75. The van der Waals surface area contributed by atoms with E-state index in [4.69, 9.17) is 0 Å². The summed E-state index contributed by atoms with van der Waals surface area (Å²) in [5.41, 5.74) is 4.61. The van der Waals surface area contributed by atoms with Gasteiger partial charge in [-0.1, -0.05) is 12.1 Å². The molecule has 0 atom stereocenters. The second kappa shape index (κ2) is 7.29. The van der Waals surface area contributed by atoms with Crippen LogP contribution in [0.4, 0.5) is 23.7 Å². The highest BCUT2D eigenvalue weighted by Crippen LogP contribution is 2.34. The number of para-hydroxylation sites is 1. The zero-order valence-electron chi connectivity index (χ0n) is 13.5. The van der Waals surface area contributed by atoms with Gasteiger partial charge in [-0.25, -0.2) is 4.79 Å². The molecule has 0 saturated heterocycles. The molecule has 0 saturated carbocycles. The highest BCUT2D eigenvalue weighted by Gasteiger charge is 2.33. The molecule has 0 radical (unpaired) electrons. The molecule has 6 nitrogen and oxygen atoms in total. The third-order valence-corrected chi connectivity index (χ3v) is 3.46. The van der Waals surface area contributed by atoms with E-state index in [2.05, 4.69) is 21.2 Å². The molecule has 2 amide bonds. The molecule has 25 heavy (non-hydrogen) atoms. The number of carbonyl (C=O) groups is 1. The number of benzene rings is 1. The normalized spacial score (nSPS) is 11.1. The number of urea groups is 1. The summed E-state index contributed by atoms with van der Waals surface area (Å²) < 4.78 is 38.6. The number of hydrogen-bond acceptors (Lipinski definition) is 3. The third-order valence-electron chi connectivity index (χ3n) is 3.46. The van der Waals surface area contributed by atoms with Crippen molar-refractivity contribution >= 4 is 11.7 Å². The van der Waals surface area contributed by atoms with Gasteiger partial charge in [-0.05, 0) is 37.6 Å². The van der Waals surface area contributed by atoms with Crippen molar-refractivity contribution in [2.24, 2.45) is 0 Å². The molecule has 0 aliphatic heterocycles. The standard InChI is InChI=1S/C16H17F3N4O2/c1-9-7-10(2)21-14(24)11(9)8-20-15(25)23-22-13-6-4-3-5-12(13)16(17,18)19/h3-7,22H,8H2,1-2H3,(H,21,24)(H2,20,23,25). The Morgan fingerprint density at radius 2 is 1.88 bits per heavy atom. The molecule has 9 heteroatoms. The molecule has 0 bridgehead atoms. The summed E-state index contributed by atoms with van der Waals surface area (Å²) >= 11 is 0. The van der Waals surface area contributed by atoms with Crippen LogP contribution in [0.25, 0.3) is 0 Å². The van der Waals surface area contributed by atoms with E-state index in [0.717, 1.165) is 6.07 Å². The largest absolute Gasteiger partial charge is 0.418 e. The summed E-state index contributed by atoms with van der Waals surface area (Å²) in [6.07, 6.45) is -4.55. The van der Waals surface area contributed by atoms with Crippen molar-refractivity contribution in [3.05, 3.63) is 63.1 Å². The number of aromatic nitrogens is 1. The fraction of sp³-hybridized carbons (Fsp3) is 0.250. The number of carbonyl (C=O) groups excluding carboxylic acids is 1. The van der Waals surface area contributed by atoms with E-state index < -0.39 is 17.8 Å². The summed E-state index contributed by atoms with van der Waals surface area (Å²) in [5.74, 6) is 0. The number of hydrogen-bond donors (Lipinski definition) is 4. The quantitative estimate of drug-likeness (QED) is 0.637.